The highest BCUT2D eigenvalue weighted by molar-refractivity contribution is 5.89. The van der Waals surface area contributed by atoms with Crippen LogP contribution in [0.25, 0.3) is 0 Å². The SMILES string of the molecule is CCCCCCCCCCOCCOC(=O)c1ccc(CCCC)cc1. The molecule has 3 heteroatoms. The minimum absolute atomic E-state index is 0.261. The molecule has 0 saturated heterocycles. The Morgan fingerprint density at radius 3 is 2.00 bits per heavy atom. The third-order valence-corrected chi connectivity index (χ3v) is 4.61. The molecule has 0 fully saturated rings. The van der Waals surface area contributed by atoms with Gasteiger partial charge in [-0.25, -0.2) is 4.79 Å². The van der Waals surface area contributed by atoms with E-state index in [1.54, 1.807) is 0 Å². The number of carbonyl (C=O) groups is 1. The smallest absolute Gasteiger partial charge is 0.338 e. The number of unbranched alkanes of at least 4 members (excludes halogenated alkanes) is 8. The Kier molecular flexibility index (Phi) is 13.8. The highest BCUT2D eigenvalue weighted by Crippen LogP contribution is 2.10. The highest BCUT2D eigenvalue weighted by atomic mass is 16.6. The number of hydrogen-bond acceptors (Lipinski definition) is 3. The van der Waals surface area contributed by atoms with Crippen LogP contribution in [0.2, 0.25) is 0 Å². The Balaban J connectivity index is 1.98. The van der Waals surface area contributed by atoms with Gasteiger partial charge in [-0.3, -0.25) is 0 Å². The summed E-state index contributed by atoms with van der Waals surface area (Å²) in [5, 5.41) is 0. The van der Waals surface area contributed by atoms with Crippen LogP contribution in [0.15, 0.2) is 24.3 Å². The molecular formula is C23H38O3. The van der Waals surface area contributed by atoms with Gasteiger partial charge < -0.3 is 9.47 Å². The Hall–Kier alpha value is -1.35. The van der Waals surface area contributed by atoms with E-state index in [2.05, 4.69) is 13.8 Å². The van der Waals surface area contributed by atoms with Gasteiger partial charge in [0.2, 0.25) is 0 Å². The highest BCUT2D eigenvalue weighted by Gasteiger charge is 2.06. The zero-order valence-electron chi connectivity index (χ0n) is 16.9. The molecule has 3 nitrogen and oxygen atoms in total. The van der Waals surface area contributed by atoms with Gasteiger partial charge in [0.25, 0.3) is 0 Å². The van der Waals surface area contributed by atoms with Crippen LogP contribution in [-0.2, 0) is 15.9 Å². The predicted octanol–water partition coefficient (Wildman–Crippen LogP) is 6.34. The van der Waals surface area contributed by atoms with E-state index < -0.39 is 0 Å². The molecule has 0 radical (unpaired) electrons. The molecule has 0 unspecified atom stereocenters. The van der Waals surface area contributed by atoms with Crippen molar-refractivity contribution in [2.45, 2.75) is 84.5 Å². The Bertz CT molecular complexity index is 453. The van der Waals surface area contributed by atoms with Crippen LogP contribution in [0.3, 0.4) is 0 Å². The van der Waals surface area contributed by atoms with Gasteiger partial charge in [0, 0.05) is 6.61 Å². The van der Waals surface area contributed by atoms with Crippen LogP contribution in [0.5, 0.6) is 0 Å². The largest absolute Gasteiger partial charge is 0.460 e. The van der Waals surface area contributed by atoms with Crippen molar-refractivity contribution in [2.75, 3.05) is 19.8 Å². The van der Waals surface area contributed by atoms with E-state index in [4.69, 9.17) is 9.47 Å². The van der Waals surface area contributed by atoms with E-state index in [1.807, 2.05) is 24.3 Å². The normalized spacial score (nSPS) is 10.8. The molecule has 0 aromatic heterocycles. The van der Waals surface area contributed by atoms with Gasteiger partial charge in [-0.15, -0.1) is 0 Å². The van der Waals surface area contributed by atoms with Gasteiger partial charge >= 0.3 is 5.97 Å². The van der Waals surface area contributed by atoms with Crippen LogP contribution >= 0.6 is 0 Å². The first kappa shape index (κ1) is 22.7. The van der Waals surface area contributed by atoms with Crippen molar-refractivity contribution in [2.24, 2.45) is 0 Å². The third-order valence-electron chi connectivity index (χ3n) is 4.61. The van der Waals surface area contributed by atoms with Gasteiger partial charge in [-0.05, 0) is 37.0 Å². The van der Waals surface area contributed by atoms with Gasteiger partial charge in [0.1, 0.15) is 6.61 Å². The van der Waals surface area contributed by atoms with E-state index in [0.717, 1.165) is 19.4 Å². The molecule has 148 valence electrons. The fourth-order valence-electron chi connectivity index (χ4n) is 2.91. The summed E-state index contributed by atoms with van der Waals surface area (Å²) in [5.74, 6) is -0.261. The van der Waals surface area contributed by atoms with Gasteiger partial charge in [-0.2, -0.15) is 0 Å². The number of benzene rings is 1. The summed E-state index contributed by atoms with van der Waals surface area (Å²) in [7, 11) is 0. The second-order valence-electron chi connectivity index (χ2n) is 7.02. The van der Waals surface area contributed by atoms with E-state index >= 15 is 0 Å². The summed E-state index contributed by atoms with van der Waals surface area (Å²) in [6.07, 6.45) is 13.8. The lowest BCUT2D eigenvalue weighted by Gasteiger charge is -2.07. The van der Waals surface area contributed by atoms with Crippen LogP contribution in [0.4, 0.5) is 0 Å². The molecule has 0 N–H and O–H groups in total. The second kappa shape index (κ2) is 15.9. The molecule has 0 aliphatic carbocycles. The van der Waals surface area contributed by atoms with Crippen molar-refractivity contribution in [3.05, 3.63) is 35.4 Å². The van der Waals surface area contributed by atoms with Crippen LogP contribution in [0, 0.1) is 0 Å². The molecule has 0 heterocycles. The maximum Gasteiger partial charge on any atom is 0.338 e. The third kappa shape index (κ3) is 11.3. The molecule has 1 rings (SSSR count). The predicted molar refractivity (Wildman–Crippen MR) is 109 cm³/mol. The molecule has 26 heavy (non-hydrogen) atoms. The molecule has 0 bridgehead atoms. The average Bonchev–Trinajstić information content (AvgIpc) is 2.67. The topological polar surface area (TPSA) is 35.5 Å². The van der Waals surface area contributed by atoms with E-state index in [9.17, 15) is 4.79 Å². The summed E-state index contributed by atoms with van der Waals surface area (Å²) in [6, 6.07) is 7.75. The van der Waals surface area contributed by atoms with E-state index in [0.29, 0.717) is 18.8 Å². The summed E-state index contributed by atoms with van der Waals surface area (Å²) in [5.41, 5.74) is 1.89. The Morgan fingerprint density at radius 1 is 0.731 bits per heavy atom. The monoisotopic (exact) mass is 362 g/mol. The van der Waals surface area contributed by atoms with Crippen molar-refractivity contribution >= 4 is 5.97 Å². The van der Waals surface area contributed by atoms with Gasteiger partial charge in [-0.1, -0.05) is 77.3 Å². The van der Waals surface area contributed by atoms with Crippen molar-refractivity contribution in [3.63, 3.8) is 0 Å². The molecule has 1 aromatic carbocycles. The average molecular weight is 363 g/mol. The number of carbonyl (C=O) groups excluding carboxylic acids is 1. The maximum atomic E-state index is 12.0. The first-order valence-electron chi connectivity index (χ1n) is 10.6. The summed E-state index contributed by atoms with van der Waals surface area (Å²) in [6.45, 7) is 6.00. The van der Waals surface area contributed by atoms with Crippen LogP contribution in [0.1, 0.15) is 94.0 Å². The number of ether oxygens (including phenoxy) is 2. The Morgan fingerprint density at radius 2 is 1.35 bits per heavy atom. The molecule has 1 aromatic rings. The lowest BCUT2D eigenvalue weighted by molar-refractivity contribution is 0.0312. The number of hydrogen-bond donors (Lipinski definition) is 0. The molecular weight excluding hydrogens is 324 g/mol. The van der Waals surface area contributed by atoms with Crippen LogP contribution in [-0.4, -0.2) is 25.8 Å². The lowest BCUT2D eigenvalue weighted by atomic mass is 10.1. The maximum absolute atomic E-state index is 12.0. The molecule has 0 aliphatic rings. The van der Waals surface area contributed by atoms with Crippen molar-refractivity contribution < 1.29 is 14.3 Å². The molecule has 0 aliphatic heterocycles. The van der Waals surface area contributed by atoms with E-state index in [-0.39, 0.29) is 5.97 Å². The first-order chi connectivity index (χ1) is 12.8. The summed E-state index contributed by atoms with van der Waals surface area (Å²) < 4.78 is 10.8. The van der Waals surface area contributed by atoms with Crippen molar-refractivity contribution in [1.82, 2.24) is 0 Å². The summed E-state index contributed by atoms with van der Waals surface area (Å²) >= 11 is 0. The fourth-order valence-corrected chi connectivity index (χ4v) is 2.91. The molecule has 0 atom stereocenters. The van der Waals surface area contributed by atoms with Crippen LogP contribution < -0.4 is 0 Å². The van der Waals surface area contributed by atoms with Gasteiger partial charge in [0.15, 0.2) is 0 Å². The fraction of sp³-hybridized carbons (Fsp3) is 0.696. The minimum atomic E-state index is -0.261. The van der Waals surface area contributed by atoms with Crippen molar-refractivity contribution in [3.8, 4) is 0 Å². The second-order valence-corrected chi connectivity index (χ2v) is 7.02. The van der Waals surface area contributed by atoms with Gasteiger partial charge in [0.05, 0.1) is 12.2 Å². The lowest BCUT2D eigenvalue weighted by Crippen LogP contribution is -2.11. The number of rotatable bonds is 16. The zero-order chi connectivity index (χ0) is 18.9. The summed E-state index contributed by atoms with van der Waals surface area (Å²) in [4.78, 5) is 12.0. The van der Waals surface area contributed by atoms with Crippen molar-refractivity contribution in [1.29, 1.82) is 0 Å². The number of aryl methyl sites for hydroxylation is 1. The molecule has 0 saturated carbocycles. The standard InChI is InChI=1S/C23H38O3/c1-3-5-7-8-9-10-11-12-18-25-19-20-26-23(24)22-16-14-21(15-17-22)13-6-4-2/h14-17H,3-13,18-20H2,1-2H3. The zero-order valence-corrected chi connectivity index (χ0v) is 16.9. The Labute approximate surface area is 160 Å². The first-order valence-corrected chi connectivity index (χ1v) is 10.6. The quantitative estimate of drug-likeness (QED) is 0.254. The number of esters is 1. The molecule has 0 amide bonds. The molecule has 0 spiro atoms. The minimum Gasteiger partial charge on any atom is -0.460 e. The van der Waals surface area contributed by atoms with E-state index in [1.165, 1.54) is 63.4 Å².